The van der Waals surface area contributed by atoms with Gasteiger partial charge < -0.3 is 9.47 Å². The second kappa shape index (κ2) is 9.12. The number of thioether (sulfide) groups is 1. The quantitative estimate of drug-likeness (QED) is 0.291. The monoisotopic (exact) mass is 506 g/mol. The van der Waals surface area contributed by atoms with Crippen LogP contribution in [0.3, 0.4) is 0 Å². The number of rotatable bonds is 7. The number of para-hydroxylation sites is 1. The largest absolute Gasteiger partial charge is 0.497 e. The van der Waals surface area contributed by atoms with Crippen LogP contribution in [-0.4, -0.2) is 47.6 Å². The Balaban J connectivity index is 1.80. The van der Waals surface area contributed by atoms with Gasteiger partial charge in [-0.25, -0.2) is 12.4 Å². The molecule has 2 aromatic heterocycles. The van der Waals surface area contributed by atoms with E-state index in [-0.39, 0.29) is 4.90 Å². The summed E-state index contributed by atoms with van der Waals surface area (Å²) in [6, 6.07) is 21.2. The highest BCUT2D eigenvalue weighted by Crippen LogP contribution is 2.38. The summed E-state index contributed by atoms with van der Waals surface area (Å²) in [4.78, 5) is 0.202. The molecule has 10 heteroatoms. The van der Waals surface area contributed by atoms with Gasteiger partial charge in [0.2, 0.25) is 0 Å². The minimum absolute atomic E-state index is 0.202. The highest BCUT2D eigenvalue weighted by molar-refractivity contribution is 7.98. The van der Waals surface area contributed by atoms with Crippen molar-refractivity contribution in [1.29, 1.82) is 0 Å². The summed E-state index contributed by atoms with van der Waals surface area (Å²) in [5.74, 6) is 1.73. The number of hydrogen-bond donors (Lipinski definition) is 0. The minimum Gasteiger partial charge on any atom is -0.497 e. The van der Waals surface area contributed by atoms with Crippen LogP contribution >= 0.6 is 11.8 Å². The predicted octanol–water partition coefficient (Wildman–Crippen LogP) is 4.87. The summed E-state index contributed by atoms with van der Waals surface area (Å²) in [5, 5.41) is 10.2. The summed E-state index contributed by atoms with van der Waals surface area (Å²) >= 11 is 1.42. The first kappa shape index (κ1) is 23.0. The van der Waals surface area contributed by atoms with E-state index < -0.39 is 10.0 Å². The Bertz CT molecular complexity index is 1630. The van der Waals surface area contributed by atoms with Crippen LogP contribution in [0.1, 0.15) is 0 Å². The van der Waals surface area contributed by atoms with Crippen LogP contribution in [0.5, 0.6) is 11.5 Å². The van der Waals surface area contributed by atoms with E-state index >= 15 is 0 Å². The molecular weight excluding hydrogens is 484 g/mol. The summed E-state index contributed by atoms with van der Waals surface area (Å²) in [7, 11) is -0.660. The smallest absolute Gasteiger partial charge is 0.268 e. The zero-order valence-electron chi connectivity index (χ0n) is 19.2. The van der Waals surface area contributed by atoms with Crippen molar-refractivity contribution >= 4 is 32.7 Å². The van der Waals surface area contributed by atoms with E-state index in [0.29, 0.717) is 39.2 Å². The molecule has 2 heterocycles. The highest BCUT2D eigenvalue weighted by atomic mass is 32.2. The highest BCUT2D eigenvalue weighted by Gasteiger charge is 2.26. The lowest BCUT2D eigenvalue weighted by atomic mass is 10.1. The SMILES string of the molecule is COc1ccc(OC)c(-n2c(SC)nnc2-c2cn(S(=O)(=O)c3ccccc3)c3ccccc23)c1. The average molecular weight is 507 g/mol. The molecular formula is C25H22N4O4S2. The van der Waals surface area contributed by atoms with E-state index in [0.717, 1.165) is 5.39 Å². The molecule has 178 valence electrons. The topological polar surface area (TPSA) is 88.2 Å². The van der Waals surface area contributed by atoms with Crippen LogP contribution in [0, 0.1) is 0 Å². The number of ether oxygens (including phenoxy) is 2. The Morgan fingerprint density at radius 2 is 1.63 bits per heavy atom. The van der Waals surface area contributed by atoms with Crippen molar-refractivity contribution in [2.24, 2.45) is 0 Å². The lowest BCUT2D eigenvalue weighted by molar-refractivity contribution is 0.401. The van der Waals surface area contributed by atoms with Gasteiger partial charge in [-0.3, -0.25) is 4.57 Å². The van der Waals surface area contributed by atoms with Crippen molar-refractivity contribution in [1.82, 2.24) is 18.7 Å². The average Bonchev–Trinajstić information content (AvgIpc) is 3.50. The molecule has 8 nitrogen and oxygen atoms in total. The molecule has 0 radical (unpaired) electrons. The van der Waals surface area contributed by atoms with Crippen LogP contribution in [0.4, 0.5) is 0 Å². The molecule has 0 fully saturated rings. The van der Waals surface area contributed by atoms with Crippen molar-refractivity contribution in [2.45, 2.75) is 10.1 Å². The zero-order valence-corrected chi connectivity index (χ0v) is 20.9. The lowest BCUT2D eigenvalue weighted by Crippen LogP contribution is -2.11. The Kier molecular flexibility index (Phi) is 6.00. The molecule has 5 rings (SSSR count). The van der Waals surface area contributed by atoms with Gasteiger partial charge in [-0.1, -0.05) is 48.2 Å². The fourth-order valence-corrected chi connectivity index (χ4v) is 5.88. The number of benzene rings is 3. The van der Waals surface area contributed by atoms with Gasteiger partial charge in [0, 0.05) is 23.2 Å². The molecule has 35 heavy (non-hydrogen) atoms. The van der Waals surface area contributed by atoms with E-state index in [4.69, 9.17) is 9.47 Å². The van der Waals surface area contributed by atoms with Crippen molar-refractivity contribution in [3.05, 3.63) is 79.0 Å². The summed E-state index contributed by atoms with van der Waals surface area (Å²) in [5.41, 5.74) is 1.85. The zero-order chi connectivity index (χ0) is 24.6. The van der Waals surface area contributed by atoms with E-state index in [1.807, 2.05) is 47.2 Å². The molecule has 0 amide bonds. The fraction of sp³-hybridized carbons (Fsp3) is 0.120. The van der Waals surface area contributed by atoms with E-state index in [2.05, 4.69) is 10.2 Å². The maximum absolute atomic E-state index is 13.6. The first-order chi connectivity index (χ1) is 17.0. The Hall–Kier alpha value is -3.76. The maximum atomic E-state index is 13.6. The van der Waals surface area contributed by atoms with E-state index in [9.17, 15) is 8.42 Å². The number of hydrogen-bond acceptors (Lipinski definition) is 7. The Morgan fingerprint density at radius 1 is 0.886 bits per heavy atom. The molecule has 0 aliphatic rings. The Labute approximate surface area is 207 Å². The van der Waals surface area contributed by atoms with Gasteiger partial charge in [-0.05, 0) is 36.6 Å². The van der Waals surface area contributed by atoms with Gasteiger partial charge in [0.25, 0.3) is 10.0 Å². The van der Waals surface area contributed by atoms with Crippen LogP contribution in [0.2, 0.25) is 0 Å². The summed E-state index contributed by atoms with van der Waals surface area (Å²) in [6.07, 6.45) is 3.50. The first-order valence-corrected chi connectivity index (χ1v) is 13.3. The van der Waals surface area contributed by atoms with Crippen molar-refractivity contribution in [3.8, 4) is 28.6 Å². The summed E-state index contributed by atoms with van der Waals surface area (Å²) in [6.45, 7) is 0. The molecule has 5 aromatic rings. The molecule has 0 saturated heterocycles. The molecule has 0 atom stereocenters. The molecule has 0 unspecified atom stereocenters. The maximum Gasteiger partial charge on any atom is 0.268 e. The molecule has 0 aliphatic carbocycles. The second-order valence-corrected chi connectivity index (χ2v) is 10.1. The second-order valence-electron chi connectivity index (χ2n) is 7.56. The third kappa shape index (κ3) is 3.84. The van der Waals surface area contributed by atoms with Crippen molar-refractivity contribution < 1.29 is 17.9 Å². The number of nitrogens with zero attached hydrogens (tertiary/aromatic N) is 4. The number of aromatic nitrogens is 4. The minimum atomic E-state index is -3.84. The summed E-state index contributed by atoms with van der Waals surface area (Å²) < 4.78 is 41.4. The van der Waals surface area contributed by atoms with Crippen LogP contribution in [-0.2, 0) is 10.0 Å². The Morgan fingerprint density at radius 3 is 2.34 bits per heavy atom. The lowest BCUT2D eigenvalue weighted by Gasteiger charge is -2.14. The van der Waals surface area contributed by atoms with Crippen LogP contribution < -0.4 is 9.47 Å². The van der Waals surface area contributed by atoms with Crippen LogP contribution in [0.15, 0.2) is 89.0 Å². The van der Waals surface area contributed by atoms with E-state index in [1.54, 1.807) is 56.8 Å². The van der Waals surface area contributed by atoms with Gasteiger partial charge in [-0.15, -0.1) is 10.2 Å². The standard InChI is InChI=1S/C25H22N4O4S2/c1-32-17-13-14-23(33-2)22(15-17)29-24(26-27-25(29)34-3)20-16-28(21-12-8-7-11-19(20)21)35(30,31)18-9-5-4-6-10-18/h4-16H,1-3H3. The van der Waals surface area contributed by atoms with Gasteiger partial charge in [0.05, 0.1) is 30.3 Å². The van der Waals surface area contributed by atoms with Crippen molar-refractivity contribution in [2.75, 3.05) is 20.5 Å². The molecule has 0 aliphatic heterocycles. The van der Waals surface area contributed by atoms with Crippen molar-refractivity contribution in [3.63, 3.8) is 0 Å². The molecule has 3 aromatic carbocycles. The fourth-order valence-electron chi connectivity index (χ4n) is 4.00. The third-order valence-corrected chi connectivity index (χ3v) is 7.98. The van der Waals surface area contributed by atoms with E-state index in [1.165, 1.54) is 15.7 Å². The molecule has 0 N–H and O–H groups in total. The third-order valence-electron chi connectivity index (χ3n) is 5.66. The number of fused-ring (bicyclic) bond motifs is 1. The number of methoxy groups -OCH3 is 2. The molecule has 0 saturated carbocycles. The van der Waals surface area contributed by atoms with Crippen LogP contribution in [0.25, 0.3) is 28.0 Å². The van der Waals surface area contributed by atoms with Gasteiger partial charge in [-0.2, -0.15) is 0 Å². The molecule has 0 bridgehead atoms. The van der Waals surface area contributed by atoms with Gasteiger partial charge in [0.15, 0.2) is 11.0 Å². The van der Waals surface area contributed by atoms with Gasteiger partial charge in [0.1, 0.15) is 11.5 Å². The van der Waals surface area contributed by atoms with Gasteiger partial charge >= 0.3 is 0 Å². The first-order valence-electron chi connectivity index (χ1n) is 10.6. The predicted molar refractivity (Wildman–Crippen MR) is 136 cm³/mol. The molecule has 0 spiro atoms. The normalized spacial score (nSPS) is 11.6.